The molecule has 1 aromatic heterocycles. The third-order valence-electron chi connectivity index (χ3n) is 4.82. The molecule has 6 heteroatoms. The van der Waals surface area contributed by atoms with Gasteiger partial charge in [-0.3, -0.25) is 4.79 Å². The fourth-order valence-electron chi connectivity index (χ4n) is 3.35. The third kappa shape index (κ3) is 3.22. The van der Waals surface area contributed by atoms with Crippen LogP contribution in [-0.2, 0) is 4.79 Å². The molecule has 3 aromatic rings. The molecule has 1 amide bonds. The Bertz CT molecular complexity index is 950. The van der Waals surface area contributed by atoms with Crippen molar-refractivity contribution in [1.82, 2.24) is 14.9 Å². The molecule has 0 aliphatic carbocycles. The molecule has 0 unspecified atom stereocenters. The van der Waals surface area contributed by atoms with Crippen LogP contribution < -0.4 is 4.90 Å². The van der Waals surface area contributed by atoms with E-state index in [1.165, 1.54) is 0 Å². The SMILES string of the molecule is CC(=O)N1CCN(c2ncnc3ccc(-c4ccc(Cl)cc4)cc23)CC1. The molecule has 0 bridgehead atoms. The number of piperazine rings is 1. The molecule has 0 radical (unpaired) electrons. The molecule has 1 aliphatic heterocycles. The van der Waals surface area contributed by atoms with E-state index in [2.05, 4.69) is 27.0 Å². The summed E-state index contributed by atoms with van der Waals surface area (Å²) in [6.45, 7) is 4.61. The lowest BCUT2D eigenvalue weighted by atomic mass is 10.0. The minimum atomic E-state index is 0.127. The van der Waals surface area contributed by atoms with Crippen molar-refractivity contribution in [1.29, 1.82) is 0 Å². The lowest BCUT2D eigenvalue weighted by Gasteiger charge is -2.35. The maximum absolute atomic E-state index is 11.6. The van der Waals surface area contributed by atoms with E-state index >= 15 is 0 Å². The summed E-state index contributed by atoms with van der Waals surface area (Å²) < 4.78 is 0. The van der Waals surface area contributed by atoms with E-state index in [1.807, 2.05) is 35.2 Å². The van der Waals surface area contributed by atoms with Crippen molar-refractivity contribution in [2.24, 2.45) is 0 Å². The first-order chi connectivity index (χ1) is 12.6. The van der Waals surface area contributed by atoms with Gasteiger partial charge in [-0.1, -0.05) is 29.8 Å². The lowest BCUT2D eigenvalue weighted by Crippen LogP contribution is -2.48. The average Bonchev–Trinajstić information content (AvgIpc) is 2.68. The predicted molar refractivity (Wildman–Crippen MR) is 104 cm³/mol. The molecule has 0 saturated carbocycles. The minimum absolute atomic E-state index is 0.127. The number of hydrogen-bond donors (Lipinski definition) is 0. The van der Waals surface area contributed by atoms with Gasteiger partial charge in [0, 0.05) is 43.5 Å². The van der Waals surface area contributed by atoms with E-state index in [9.17, 15) is 4.79 Å². The molecule has 4 rings (SSSR count). The van der Waals surface area contributed by atoms with Gasteiger partial charge in [0.15, 0.2) is 0 Å². The van der Waals surface area contributed by atoms with Gasteiger partial charge in [0.2, 0.25) is 5.91 Å². The number of benzene rings is 2. The first-order valence-electron chi connectivity index (χ1n) is 8.63. The fraction of sp³-hybridized carbons (Fsp3) is 0.250. The van der Waals surface area contributed by atoms with Crippen molar-refractivity contribution >= 4 is 34.2 Å². The van der Waals surface area contributed by atoms with Gasteiger partial charge in [-0.05, 0) is 35.4 Å². The van der Waals surface area contributed by atoms with Gasteiger partial charge in [-0.15, -0.1) is 0 Å². The second kappa shape index (κ2) is 6.92. The number of fused-ring (bicyclic) bond motifs is 1. The molecular weight excluding hydrogens is 348 g/mol. The van der Waals surface area contributed by atoms with E-state index in [0.29, 0.717) is 0 Å². The molecule has 2 heterocycles. The Morgan fingerprint density at radius 2 is 1.65 bits per heavy atom. The minimum Gasteiger partial charge on any atom is -0.352 e. The van der Waals surface area contributed by atoms with Gasteiger partial charge in [0.05, 0.1) is 5.52 Å². The van der Waals surface area contributed by atoms with Gasteiger partial charge in [-0.2, -0.15) is 0 Å². The van der Waals surface area contributed by atoms with Gasteiger partial charge >= 0.3 is 0 Å². The summed E-state index contributed by atoms with van der Waals surface area (Å²) in [5.41, 5.74) is 3.13. The molecule has 26 heavy (non-hydrogen) atoms. The standard InChI is InChI=1S/C20H19ClN4O/c1-14(26)24-8-10-25(11-9-24)20-18-12-16(4-7-19(18)22-13-23-20)15-2-5-17(21)6-3-15/h2-7,12-13H,8-11H2,1H3. The molecule has 5 nitrogen and oxygen atoms in total. The van der Waals surface area contributed by atoms with Gasteiger partial charge in [0.1, 0.15) is 12.1 Å². The number of rotatable bonds is 2. The zero-order valence-electron chi connectivity index (χ0n) is 14.5. The number of nitrogens with zero attached hydrogens (tertiary/aromatic N) is 4. The Hall–Kier alpha value is -2.66. The Labute approximate surface area is 157 Å². The number of carbonyl (C=O) groups is 1. The van der Waals surface area contributed by atoms with Crippen LogP contribution in [0.5, 0.6) is 0 Å². The van der Waals surface area contributed by atoms with Crippen LogP contribution in [0.2, 0.25) is 5.02 Å². The summed E-state index contributed by atoms with van der Waals surface area (Å²) in [6, 6.07) is 14.0. The van der Waals surface area contributed by atoms with E-state index in [4.69, 9.17) is 11.6 Å². The first-order valence-corrected chi connectivity index (χ1v) is 9.01. The van der Waals surface area contributed by atoms with Gasteiger partial charge in [-0.25, -0.2) is 9.97 Å². The van der Waals surface area contributed by atoms with Gasteiger partial charge < -0.3 is 9.80 Å². The van der Waals surface area contributed by atoms with Crippen molar-refractivity contribution in [2.75, 3.05) is 31.1 Å². The molecule has 1 saturated heterocycles. The third-order valence-corrected chi connectivity index (χ3v) is 5.07. The van der Waals surface area contributed by atoms with Crippen LogP contribution in [0.1, 0.15) is 6.92 Å². The summed E-state index contributed by atoms with van der Waals surface area (Å²) in [4.78, 5) is 24.6. The van der Waals surface area contributed by atoms with Crippen LogP contribution in [0.3, 0.4) is 0 Å². The normalized spacial score (nSPS) is 14.7. The summed E-state index contributed by atoms with van der Waals surface area (Å²) in [5, 5.41) is 1.75. The van der Waals surface area contributed by atoms with Crippen molar-refractivity contribution in [3.8, 4) is 11.1 Å². The largest absolute Gasteiger partial charge is 0.352 e. The van der Waals surface area contributed by atoms with Crippen LogP contribution >= 0.6 is 11.6 Å². The summed E-state index contributed by atoms with van der Waals surface area (Å²) in [5.74, 6) is 1.05. The topological polar surface area (TPSA) is 49.3 Å². The highest BCUT2D eigenvalue weighted by molar-refractivity contribution is 6.30. The monoisotopic (exact) mass is 366 g/mol. The van der Waals surface area contributed by atoms with Crippen molar-refractivity contribution < 1.29 is 4.79 Å². The summed E-state index contributed by atoms with van der Waals surface area (Å²) in [7, 11) is 0. The maximum atomic E-state index is 11.6. The Kier molecular flexibility index (Phi) is 4.47. The van der Waals surface area contributed by atoms with Crippen LogP contribution in [0.25, 0.3) is 22.0 Å². The quantitative estimate of drug-likeness (QED) is 0.695. The first kappa shape index (κ1) is 16.8. The van der Waals surface area contributed by atoms with Crippen molar-refractivity contribution in [3.63, 3.8) is 0 Å². The molecule has 0 atom stereocenters. The highest BCUT2D eigenvalue weighted by atomic mass is 35.5. The predicted octanol–water partition coefficient (Wildman–Crippen LogP) is 3.62. The molecular formula is C20H19ClN4O. The van der Waals surface area contributed by atoms with Crippen molar-refractivity contribution in [3.05, 3.63) is 53.8 Å². The highest BCUT2D eigenvalue weighted by Crippen LogP contribution is 2.29. The second-order valence-electron chi connectivity index (χ2n) is 6.43. The van der Waals surface area contributed by atoms with E-state index in [-0.39, 0.29) is 5.91 Å². The molecule has 132 valence electrons. The number of halogens is 1. The molecule has 1 aliphatic rings. The maximum Gasteiger partial charge on any atom is 0.219 e. The number of hydrogen-bond acceptors (Lipinski definition) is 4. The molecule has 2 aromatic carbocycles. The lowest BCUT2D eigenvalue weighted by molar-refractivity contribution is -0.129. The smallest absolute Gasteiger partial charge is 0.219 e. The summed E-state index contributed by atoms with van der Waals surface area (Å²) >= 11 is 6.00. The molecule has 0 spiro atoms. The second-order valence-corrected chi connectivity index (χ2v) is 6.87. The number of anilines is 1. The number of aromatic nitrogens is 2. The van der Waals surface area contributed by atoms with Crippen molar-refractivity contribution in [2.45, 2.75) is 6.92 Å². The Morgan fingerprint density at radius 1 is 0.962 bits per heavy atom. The van der Waals surface area contributed by atoms with Crippen LogP contribution in [0, 0.1) is 0 Å². The van der Waals surface area contributed by atoms with Crippen LogP contribution in [0.4, 0.5) is 5.82 Å². The van der Waals surface area contributed by atoms with Crippen LogP contribution in [0.15, 0.2) is 48.8 Å². The highest BCUT2D eigenvalue weighted by Gasteiger charge is 2.21. The summed E-state index contributed by atoms with van der Waals surface area (Å²) in [6.07, 6.45) is 1.61. The molecule has 1 fully saturated rings. The van der Waals surface area contributed by atoms with E-state index in [1.54, 1.807) is 13.3 Å². The zero-order valence-corrected chi connectivity index (χ0v) is 15.3. The van der Waals surface area contributed by atoms with Crippen LogP contribution in [-0.4, -0.2) is 47.0 Å². The van der Waals surface area contributed by atoms with E-state index < -0.39 is 0 Å². The Morgan fingerprint density at radius 3 is 2.35 bits per heavy atom. The average molecular weight is 367 g/mol. The number of amides is 1. The van der Waals surface area contributed by atoms with Gasteiger partial charge in [0.25, 0.3) is 0 Å². The zero-order chi connectivity index (χ0) is 18.1. The number of carbonyl (C=O) groups excluding carboxylic acids is 1. The molecule has 0 N–H and O–H groups in total. The fourth-order valence-corrected chi connectivity index (χ4v) is 3.48. The Balaban J connectivity index is 1.70. The van der Waals surface area contributed by atoms with E-state index in [0.717, 1.165) is 59.0 Å².